The summed E-state index contributed by atoms with van der Waals surface area (Å²) in [6, 6.07) is 3.50. The lowest BCUT2D eigenvalue weighted by Crippen LogP contribution is -2.42. The fourth-order valence-electron chi connectivity index (χ4n) is 3.98. The van der Waals surface area contributed by atoms with Gasteiger partial charge in [-0.25, -0.2) is 14.2 Å². The molecule has 1 heterocycles. The number of aldehydes is 1. The van der Waals surface area contributed by atoms with Crippen molar-refractivity contribution < 1.29 is 28.2 Å². The molecule has 7 nitrogen and oxygen atoms in total. The summed E-state index contributed by atoms with van der Waals surface area (Å²) < 4.78 is 26.0. The van der Waals surface area contributed by atoms with Crippen molar-refractivity contribution >= 4 is 39.8 Å². The van der Waals surface area contributed by atoms with Gasteiger partial charge in [0.15, 0.2) is 17.9 Å². The first-order valence-electron chi connectivity index (χ1n) is 10.8. The van der Waals surface area contributed by atoms with Crippen LogP contribution in [0.4, 0.5) is 10.1 Å². The van der Waals surface area contributed by atoms with Gasteiger partial charge in [0.2, 0.25) is 11.8 Å². The number of ether oxygens (including phenoxy) is 2. The van der Waals surface area contributed by atoms with Crippen LogP contribution in [0.3, 0.4) is 0 Å². The lowest BCUT2D eigenvalue weighted by molar-refractivity contribution is -0.123. The summed E-state index contributed by atoms with van der Waals surface area (Å²) in [5.74, 6) is -2.03. The molecule has 0 aliphatic heterocycles. The van der Waals surface area contributed by atoms with Gasteiger partial charge < -0.3 is 14.4 Å². The molecule has 1 aromatic heterocycles. The van der Waals surface area contributed by atoms with Crippen molar-refractivity contribution in [1.29, 1.82) is 0 Å². The zero-order chi connectivity index (χ0) is 24.1. The molecule has 176 valence electrons. The fourth-order valence-corrected chi connectivity index (χ4v) is 4.42. The molecule has 0 N–H and O–H groups in total. The Morgan fingerprint density at radius 3 is 2.48 bits per heavy atom. The van der Waals surface area contributed by atoms with E-state index in [4.69, 9.17) is 9.47 Å². The van der Waals surface area contributed by atoms with E-state index in [9.17, 15) is 14.4 Å². The van der Waals surface area contributed by atoms with Crippen LogP contribution < -0.4 is 9.64 Å². The lowest BCUT2D eigenvalue weighted by Gasteiger charge is -2.33. The van der Waals surface area contributed by atoms with Crippen LogP contribution in [0, 0.1) is 11.7 Å². The molecule has 2 aromatic rings. The van der Waals surface area contributed by atoms with Gasteiger partial charge in [0.1, 0.15) is 0 Å². The molecule has 1 aromatic carbocycles. The number of halogens is 2. The third-order valence-corrected chi connectivity index (χ3v) is 6.16. The van der Waals surface area contributed by atoms with E-state index in [-0.39, 0.29) is 40.7 Å². The predicted molar refractivity (Wildman–Crippen MR) is 124 cm³/mol. The number of hydrogen-bond donors (Lipinski definition) is 0. The third kappa shape index (κ3) is 5.58. The maximum atomic E-state index is 15.2. The molecular formula is C24H26BrFN2O5. The summed E-state index contributed by atoms with van der Waals surface area (Å²) in [5.41, 5.74) is 0.460. The predicted octanol–water partition coefficient (Wildman–Crippen LogP) is 5.70. The minimum atomic E-state index is -0.770. The van der Waals surface area contributed by atoms with Crippen molar-refractivity contribution in [2.75, 3.05) is 12.0 Å². The van der Waals surface area contributed by atoms with Gasteiger partial charge in [-0.3, -0.25) is 9.59 Å². The number of benzene rings is 1. The molecule has 9 heteroatoms. The Morgan fingerprint density at radius 1 is 1.21 bits per heavy atom. The average molecular weight is 521 g/mol. The Hall–Kier alpha value is -2.81. The van der Waals surface area contributed by atoms with Crippen LogP contribution >= 0.6 is 15.9 Å². The molecule has 1 aliphatic rings. The number of anilines is 1. The quantitative estimate of drug-likeness (QED) is 0.344. The first-order chi connectivity index (χ1) is 15.8. The molecule has 0 atom stereocenters. The number of amides is 1. The Morgan fingerprint density at radius 2 is 1.91 bits per heavy atom. The largest absolute Gasteiger partial charge is 0.465 e. The number of aromatic nitrogens is 1. The fraction of sp³-hybridized carbons (Fsp3) is 0.417. The zero-order valence-electron chi connectivity index (χ0n) is 18.8. The molecule has 33 heavy (non-hydrogen) atoms. The second-order valence-electron chi connectivity index (χ2n) is 8.20. The summed E-state index contributed by atoms with van der Waals surface area (Å²) >= 11 is 3.24. The minimum Gasteiger partial charge on any atom is -0.465 e. The summed E-state index contributed by atoms with van der Waals surface area (Å²) in [5, 5.41) is 0. The molecule has 1 saturated carbocycles. The van der Waals surface area contributed by atoms with Crippen LogP contribution in [-0.4, -0.2) is 36.3 Å². The lowest BCUT2D eigenvalue weighted by atomic mass is 9.87. The van der Waals surface area contributed by atoms with Gasteiger partial charge in [-0.15, -0.1) is 0 Å². The number of carbonyl (C=O) groups is 3. The van der Waals surface area contributed by atoms with Crippen molar-refractivity contribution in [2.24, 2.45) is 5.92 Å². The Labute approximate surface area is 200 Å². The first kappa shape index (κ1) is 24.8. The summed E-state index contributed by atoms with van der Waals surface area (Å²) in [6.07, 6.45) is 6.48. The summed E-state index contributed by atoms with van der Waals surface area (Å²) in [7, 11) is 1.22. The van der Waals surface area contributed by atoms with Crippen LogP contribution in [-0.2, 0) is 9.53 Å². The van der Waals surface area contributed by atoms with Gasteiger partial charge in [0, 0.05) is 35.9 Å². The molecule has 1 aliphatic carbocycles. The topological polar surface area (TPSA) is 85.8 Å². The highest BCUT2D eigenvalue weighted by molar-refractivity contribution is 9.10. The van der Waals surface area contributed by atoms with Gasteiger partial charge in [-0.1, -0.05) is 19.3 Å². The highest BCUT2D eigenvalue weighted by atomic mass is 79.9. The highest BCUT2D eigenvalue weighted by Crippen LogP contribution is 2.36. The van der Waals surface area contributed by atoms with E-state index in [0.717, 1.165) is 38.2 Å². The normalized spacial score (nSPS) is 14.1. The Bertz CT molecular complexity index is 1050. The van der Waals surface area contributed by atoms with E-state index in [1.165, 1.54) is 30.3 Å². The molecule has 0 unspecified atom stereocenters. The SMILES string of the molecule is COC(=O)c1cc(Oc2ncc(C=O)cc2Br)c(F)cc1N(C(=O)C1CCCCC1)C(C)C. The van der Waals surface area contributed by atoms with Gasteiger partial charge >= 0.3 is 5.97 Å². The average Bonchev–Trinajstić information content (AvgIpc) is 2.81. The van der Waals surface area contributed by atoms with Crippen molar-refractivity contribution in [3.05, 3.63) is 45.8 Å². The number of pyridine rings is 1. The Kier molecular flexibility index (Phi) is 8.18. The van der Waals surface area contributed by atoms with Gasteiger partial charge in [-0.2, -0.15) is 0 Å². The minimum absolute atomic E-state index is 0.00685. The van der Waals surface area contributed by atoms with E-state index in [1.807, 2.05) is 13.8 Å². The van der Waals surface area contributed by atoms with Crippen LogP contribution in [0.1, 0.15) is 66.7 Å². The van der Waals surface area contributed by atoms with Crippen molar-refractivity contribution in [3.63, 3.8) is 0 Å². The summed E-state index contributed by atoms with van der Waals surface area (Å²) in [4.78, 5) is 42.4. The van der Waals surface area contributed by atoms with Crippen LogP contribution in [0.5, 0.6) is 11.6 Å². The molecule has 0 bridgehead atoms. The van der Waals surface area contributed by atoms with Crippen molar-refractivity contribution in [2.45, 2.75) is 52.0 Å². The monoisotopic (exact) mass is 520 g/mol. The second-order valence-corrected chi connectivity index (χ2v) is 9.06. The van der Waals surface area contributed by atoms with Gasteiger partial charge in [-0.05, 0) is 48.7 Å². The van der Waals surface area contributed by atoms with Gasteiger partial charge in [0.25, 0.3) is 0 Å². The number of nitrogens with zero attached hydrogens (tertiary/aromatic N) is 2. The maximum Gasteiger partial charge on any atom is 0.340 e. The number of rotatable bonds is 7. The van der Waals surface area contributed by atoms with Crippen LogP contribution in [0.15, 0.2) is 28.9 Å². The van der Waals surface area contributed by atoms with E-state index in [1.54, 1.807) is 0 Å². The zero-order valence-corrected chi connectivity index (χ0v) is 20.4. The maximum absolute atomic E-state index is 15.2. The third-order valence-electron chi connectivity index (χ3n) is 5.59. The summed E-state index contributed by atoms with van der Waals surface area (Å²) in [6.45, 7) is 3.64. The smallest absolute Gasteiger partial charge is 0.340 e. The van der Waals surface area contributed by atoms with E-state index < -0.39 is 11.8 Å². The molecule has 1 fully saturated rings. The molecular weight excluding hydrogens is 495 g/mol. The van der Waals surface area contributed by atoms with E-state index >= 15 is 4.39 Å². The first-order valence-corrected chi connectivity index (χ1v) is 11.6. The second kappa shape index (κ2) is 10.9. The molecule has 3 rings (SSSR count). The van der Waals surface area contributed by atoms with E-state index in [0.29, 0.717) is 16.3 Å². The van der Waals surface area contributed by atoms with E-state index in [2.05, 4.69) is 20.9 Å². The van der Waals surface area contributed by atoms with Crippen LogP contribution in [0.2, 0.25) is 0 Å². The standard InChI is InChI=1S/C24H26BrFN2O5/c1-14(2)28(23(30)16-7-5-4-6-8-16)20-11-19(26)21(10-17(20)24(31)32-3)33-22-18(25)9-15(13-29)12-27-22/h9-14,16H,4-8H2,1-3H3. The Balaban J connectivity index is 2.04. The number of hydrogen-bond acceptors (Lipinski definition) is 6. The molecule has 0 radical (unpaired) electrons. The van der Waals surface area contributed by atoms with Crippen molar-refractivity contribution in [3.8, 4) is 11.6 Å². The van der Waals surface area contributed by atoms with Crippen LogP contribution in [0.25, 0.3) is 0 Å². The number of esters is 1. The van der Waals surface area contributed by atoms with Gasteiger partial charge in [0.05, 0.1) is 22.8 Å². The highest BCUT2D eigenvalue weighted by Gasteiger charge is 2.32. The number of carbonyl (C=O) groups excluding carboxylic acids is 3. The number of methoxy groups -OCH3 is 1. The van der Waals surface area contributed by atoms with Crippen molar-refractivity contribution in [1.82, 2.24) is 4.98 Å². The molecule has 1 amide bonds. The molecule has 0 saturated heterocycles. The molecule has 0 spiro atoms.